The van der Waals surface area contributed by atoms with Crippen LogP contribution in [-0.4, -0.2) is 8.75 Å². The van der Waals surface area contributed by atoms with Crippen LogP contribution in [0.25, 0.3) is 31.2 Å². The van der Waals surface area contributed by atoms with E-state index in [-0.39, 0.29) is 27.7 Å². The lowest BCUT2D eigenvalue weighted by Crippen LogP contribution is -2.25. The first-order valence-electron chi connectivity index (χ1n) is 13.1. The van der Waals surface area contributed by atoms with Crippen molar-refractivity contribution < 1.29 is 0 Å². The highest BCUT2D eigenvalue weighted by Crippen LogP contribution is 2.60. The van der Waals surface area contributed by atoms with Gasteiger partial charge in [-0.25, -0.2) is 0 Å². The van der Waals surface area contributed by atoms with E-state index >= 15 is 0 Å². The average Bonchev–Trinajstić information content (AvgIpc) is 3.59. The standard InChI is InChI=1S/C29H36N2S3.3CH4/c1-5-7-9-11-15-29(16-12-10-8-6-2)22-17-20(4)32-27(22)28-23(29)18-24(33-28)21-14-13-19(3)25-26(21)31-34-30-25;;;/h13-14,17-18H,5-12,15-16H2,1-4H3;3*1H4. The second-order valence-corrected chi connectivity index (χ2v) is 12.9. The van der Waals surface area contributed by atoms with E-state index in [2.05, 4.69) is 56.3 Å². The van der Waals surface area contributed by atoms with Gasteiger partial charge in [-0.05, 0) is 55.5 Å². The number of hydrogen-bond donors (Lipinski definition) is 0. The molecule has 0 bridgehead atoms. The number of aryl methyl sites for hydroxylation is 2. The number of benzene rings is 1. The fourth-order valence-corrected chi connectivity index (χ4v) is 8.96. The number of nitrogens with zero attached hydrogens (tertiary/aromatic N) is 2. The number of thiophene rings is 2. The van der Waals surface area contributed by atoms with Crippen LogP contribution in [0.15, 0.2) is 24.3 Å². The Morgan fingerprint density at radius 2 is 1.30 bits per heavy atom. The Balaban J connectivity index is 0.00000160. The van der Waals surface area contributed by atoms with E-state index in [0.717, 1.165) is 11.0 Å². The molecule has 37 heavy (non-hydrogen) atoms. The Labute approximate surface area is 238 Å². The minimum atomic E-state index is 0. The normalized spacial score (nSPS) is 13.0. The molecule has 4 aromatic rings. The number of aromatic nitrogens is 2. The van der Waals surface area contributed by atoms with E-state index in [4.69, 9.17) is 4.37 Å². The van der Waals surface area contributed by atoms with Crippen molar-refractivity contribution >= 4 is 45.4 Å². The number of hydrogen-bond acceptors (Lipinski definition) is 5. The Kier molecular flexibility index (Phi) is 11.5. The van der Waals surface area contributed by atoms with Crippen molar-refractivity contribution in [2.75, 3.05) is 0 Å². The zero-order valence-electron chi connectivity index (χ0n) is 21.0. The van der Waals surface area contributed by atoms with Crippen molar-refractivity contribution in [3.05, 3.63) is 45.8 Å². The monoisotopic (exact) mass is 556 g/mol. The maximum atomic E-state index is 4.70. The molecule has 3 aromatic heterocycles. The predicted molar refractivity (Wildman–Crippen MR) is 172 cm³/mol. The van der Waals surface area contributed by atoms with Gasteiger partial charge in [-0.15, -0.1) is 22.7 Å². The van der Waals surface area contributed by atoms with Gasteiger partial charge in [-0.3, -0.25) is 0 Å². The molecule has 3 heterocycles. The molecular weight excluding hydrogens is 509 g/mol. The van der Waals surface area contributed by atoms with E-state index in [9.17, 15) is 0 Å². The quantitative estimate of drug-likeness (QED) is 0.172. The molecule has 0 N–H and O–H groups in total. The molecule has 5 rings (SSSR count). The van der Waals surface area contributed by atoms with Gasteiger partial charge in [0.1, 0.15) is 11.0 Å². The fraction of sp³-hybridized carbons (Fsp3) is 0.562. The summed E-state index contributed by atoms with van der Waals surface area (Å²) in [5.41, 5.74) is 8.05. The third-order valence-electron chi connectivity index (χ3n) is 7.62. The molecule has 0 atom stereocenters. The van der Waals surface area contributed by atoms with Gasteiger partial charge in [0.15, 0.2) is 0 Å². The van der Waals surface area contributed by atoms with E-state index in [1.165, 1.54) is 102 Å². The smallest absolute Gasteiger partial charge is 0.113 e. The molecule has 5 heteroatoms. The van der Waals surface area contributed by atoms with Gasteiger partial charge < -0.3 is 0 Å². The molecule has 0 spiro atoms. The second kappa shape index (κ2) is 13.5. The molecule has 0 saturated carbocycles. The van der Waals surface area contributed by atoms with Crippen LogP contribution in [0.2, 0.25) is 0 Å². The molecule has 0 fully saturated rings. The molecule has 0 amide bonds. The summed E-state index contributed by atoms with van der Waals surface area (Å²) in [6.07, 6.45) is 13.2. The Hall–Kier alpha value is -1.56. The van der Waals surface area contributed by atoms with Crippen LogP contribution in [0.5, 0.6) is 0 Å². The van der Waals surface area contributed by atoms with Gasteiger partial charge in [0, 0.05) is 30.5 Å². The highest BCUT2D eigenvalue weighted by atomic mass is 32.1. The van der Waals surface area contributed by atoms with Crippen LogP contribution in [0, 0.1) is 13.8 Å². The van der Waals surface area contributed by atoms with Crippen molar-refractivity contribution in [2.45, 2.75) is 120 Å². The molecule has 1 aromatic carbocycles. The zero-order valence-corrected chi connectivity index (χ0v) is 23.4. The van der Waals surface area contributed by atoms with Crippen molar-refractivity contribution in [1.82, 2.24) is 8.75 Å². The first kappa shape index (κ1) is 31.7. The lowest BCUT2D eigenvalue weighted by atomic mass is 9.71. The van der Waals surface area contributed by atoms with Crippen LogP contribution in [0.4, 0.5) is 0 Å². The van der Waals surface area contributed by atoms with Crippen LogP contribution >= 0.6 is 34.4 Å². The first-order valence-corrected chi connectivity index (χ1v) is 15.4. The first-order chi connectivity index (χ1) is 16.6. The predicted octanol–water partition coefficient (Wildman–Crippen LogP) is 12.2. The van der Waals surface area contributed by atoms with E-state index in [1.807, 2.05) is 22.7 Å². The lowest BCUT2D eigenvalue weighted by molar-refractivity contribution is 0.402. The van der Waals surface area contributed by atoms with Crippen LogP contribution in [0.3, 0.4) is 0 Å². The summed E-state index contributed by atoms with van der Waals surface area (Å²) >= 11 is 5.34. The van der Waals surface area contributed by atoms with Crippen molar-refractivity contribution in [3.8, 4) is 20.2 Å². The Bertz CT molecular complexity index is 1260. The molecule has 1 aliphatic rings. The summed E-state index contributed by atoms with van der Waals surface area (Å²) in [6.45, 7) is 9.06. The maximum Gasteiger partial charge on any atom is 0.113 e. The molecule has 0 radical (unpaired) electrons. The van der Waals surface area contributed by atoms with Gasteiger partial charge in [0.05, 0.1) is 11.7 Å². The third-order valence-corrected chi connectivity index (χ3v) is 10.5. The molecule has 2 nitrogen and oxygen atoms in total. The zero-order chi connectivity index (χ0) is 23.7. The highest BCUT2D eigenvalue weighted by molar-refractivity contribution is 7.24. The molecule has 0 saturated heterocycles. The van der Waals surface area contributed by atoms with Crippen LogP contribution in [-0.2, 0) is 5.41 Å². The van der Waals surface area contributed by atoms with Crippen LogP contribution in [0.1, 0.15) is 122 Å². The van der Waals surface area contributed by atoms with E-state index in [1.54, 1.807) is 16.0 Å². The second-order valence-electron chi connectivity index (χ2n) is 10.0. The van der Waals surface area contributed by atoms with E-state index in [0.29, 0.717) is 0 Å². The maximum absolute atomic E-state index is 4.70. The highest BCUT2D eigenvalue weighted by Gasteiger charge is 2.45. The molecule has 1 aliphatic carbocycles. The van der Waals surface area contributed by atoms with Crippen molar-refractivity contribution in [1.29, 1.82) is 0 Å². The summed E-state index contributed by atoms with van der Waals surface area (Å²) in [5, 5.41) is 0. The summed E-state index contributed by atoms with van der Waals surface area (Å²) < 4.78 is 9.29. The largest absolute Gasteiger partial charge is 0.173 e. The van der Waals surface area contributed by atoms with Gasteiger partial charge in [-0.2, -0.15) is 8.75 Å². The van der Waals surface area contributed by atoms with Gasteiger partial charge in [-0.1, -0.05) is 99.6 Å². The number of unbranched alkanes of at least 4 members (excludes halogenated alkanes) is 6. The van der Waals surface area contributed by atoms with Gasteiger partial charge >= 0.3 is 0 Å². The summed E-state index contributed by atoms with van der Waals surface area (Å²) in [5.74, 6) is 0. The summed E-state index contributed by atoms with van der Waals surface area (Å²) in [7, 11) is 0. The number of fused-ring (bicyclic) bond motifs is 4. The van der Waals surface area contributed by atoms with Gasteiger partial charge in [0.2, 0.25) is 0 Å². The Morgan fingerprint density at radius 3 is 1.95 bits per heavy atom. The SMILES string of the molecule is C.C.C.CCCCCCC1(CCCCCC)c2cc(C)sc2-c2sc(-c3ccc(C)c4nsnc34)cc21. The number of rotatable bonds is 11. The van der Waals surface area contributed by atoms with Crippen molar-refractivity contribution in [3.63, 3.8) is 0 Å². The summed E-state index contributed by atoms with van der Waals surface area (Å²) in [6, 6.07) is 9.56. The topological polar surface area (TPSA) is 25.8 Å². The van der Waals surface area contributed by atoms with E-state index < -0.39 is 0 Å². The Morgan fingerprint density at radius 1 is 0.703 bits per heavy atom. The molecule has 204 valence electrons. The van der Waals surface area contributed by atoms with Crippen LogP contribution < -0.4 is 0 Å². The molecular formula is C32H48N2S3. The third kappa shape index (κ3) is 5.74. The fourth-order valence-electron chi connectivity index (χ4n) is 5.79. The minimum absolute atomic E-state index is 0. The van der Waals surface area contributed by atoms with Crippen molar-refractivity contribution in [2.24, 2.45) is 0 Å². The average molecular weight is 557 g/mol. The lowest BCUT2D eigenvalue weighted by Gasteiger charge is -2.31. The van der Waals surface area contributed by atoms with Gasteiger partial charge in [0.25, 0.3) is 0 Å². The molecule has 0 unspecified atom stereocenters. The molecule has 0 aliphatic heterocycles. The summed E-state index contributed by atoms with van der Waals surface area (Å²) in [4.78, 5) is 5.91. The minimum Gasteiger partial charge on any atom is -0.173 e.